The average molecular weight is 302 g/mol. The third-order valence-corrected chi connectivity index (χ3v) is 3.91. The molecule has 6 heteroatoms. The molecule has 0 atom stereocenters. The molecule has 0 aliphatic carbocycles. The van der Waals surface area contributed by atoms with Gasteiger partial charge in [0.15, 0.2) is 0 Å². The topological polar surface area (TPSA) is 61.7 Å². The number of anilines is 1. The normalized spacial score (nSPS) is 11.0. The highest BCUT2D eigenvalue weighted by molar-refractivity contribution is 6.32. The van der Waals surface area contributed by atoms with Crippen LogP contribution in [0.4, 0.5) is 5.69 Å². The van der Waals surface area contributed by atoms with Gasteiger partial charge in [0.1, 0.15) is 5.69 Å². The van der Waals surface area contributed by atoms with E-state index >= 15 is 0 Å². The lowest BCUT2D eigenvalue weighted by Gasteiger charge is -2.03. The predicted molar refractivity (Wildman–Crippen MR) is 84.7 cm³/mol. The highest BCUT2D eigenvalue weighted by Crippen LogP contribution is 2.31. The molecule has 3 rings (SSSR count). The Kier molecular flexibility index (Phi) is 3.22. The molecular formula is C15H16ClN5. The Bertz CT molecular complexity index is 816. The lowest BCUT2D eigenvalue weighted by molar-refractivity contribution is 0.731. The highest BCUT2D eigenvalue weighted by Gasteiger charge is 2.18. The Morgan fingerprint density at radius 2 is 1.86 bits per heavy atom. The number of nitrogen functional groups attached to an aromatic ring is 1. The Balaban J connectivity index is 2.17. The van der Waals surface area contributed by atoms with E-state index in [2.05, 4.69) is 10.2 Å². The summed E-state index contributed by atoms with van der Waals surface area (Å²) in [5, 5.41) is 9.64. The summed E-state index contributed by atoms with van der Waals surface area (Å²) in [5.41, 5.74) is 11.2. The van der Waals surface area contributed by atoms with Gasteiger partial charge in [-0.2, -0.15) is 10.2 Å². The van der Waals surface area contributed by atoms with Gasteiger partial charge in [-0.15, -0.1) is 0 Å². The maximum atomic E-state index is 6.21. The zero-order chi connectivity index (χ0) is 15.1. The molecule has 0 spiro atoms. The lowest BCUT2D eigenvalue weighted by atomic mass is 10.1. The van der Waals surface area contributed by atoms with Gasteiger partial charge in [0, 0.05) is 18.3 Å². The molecule has 21 heavy (non-hydrogen) atoms. The van der Waals surface area contributed by atoms with Crippen molar-refractivity contribution < 1.29 is 0 Å². The fourth-order valence-electron chi connectivity index (χ4n) is 2.46. The molecule has 0 amide bonds. The molecule has 5 nitrogen and oxygen atoms in total. The van der Waals surface area contributed by atoms with Gasteiger partial charge in [-0.25, -0.2) is 4.68 Å². The van der Waals surface area contributed by atoms with E-state index < -0.39 is 0 Å². The summed E-state index contributed by atoms with van der Waals surface area (Å²) in [5.74, 6) is 0. The lowest BCUT2D eigenvalue weighted by Crippen LogP contribution is -1.96. The first-order valence-corrected chi connectivity index (χ1v) is 6.97. The van der Waals surface area contributed by atoms with Crippen molar-refractivity contribution >= 4 is 17.3 Å². The van der Waals surface area contributed by atoms with Crippen LogP contribution in [0.25, 0.3) is 16.9 Å². The largest absolute Gasteiger partial charge is 0.396 e. The van der Waals surface area contributed by atoms with Crippen molar-refractivity contribution in [2.75, 3.05) is 5.73 Å². The summed E-state index contributed by atoms with van der Waals surface area (Å²) in [7, 11) is 1.91. The Hall–Kier alpha value is -2.27. The molecule has 3 aromatic rings. The molecular weight excluding hydrogens is 286 g/mol. The van der Waals surface area contributed by atoms with E-state index in [0.29, 0.717) is 10.7 Å². The fraction of sp³-hybridized carbons (Fsp3) is 0.200. The van der Waals surface area contributed by atoms with Crippen molar-refractivity contribution in [2.45, 2.75) is 13.8 Å². The second-order valence-corrected chi connectivity index (χ2v) is 5.41. The van der Waals surface area contributed by atoms with Crippen LogP contribution in [0.1, 0.15) is 11.4 Å². The summed E-state index contributed by atoms with van der Waals surface area (Å²) in [4.78, 5) is 0. The van der Waals surface area contributed by atoms with Crippen LogP contribution in [-0.2, 0) is 7.05 Å². The highest BCUT2D eigenvalue weighted by atomic mass is 35.5. The van der Waals surface area contributed by atoms with E-state index in [1.54, 1.807) is 10.9 Å². The van der Waals surface area contributed by atoms with E-state index in [1.807, 2.05) is 49.8 Å². The number of hydrogen-bond acceptors (Lipinski definition) is 3. The van der Waals surface area contributed by atoms with E-state index in [9.17, 15) is 0 Å². The molecule has 0 radical (unpaired) electrons. The van der Waals surface area contributed by atoms with E-state index in [4.69, 9.17) is 17.3 Å². The predicted octanol–water partition coefficient (Wildman–Crippen LogP) is 3.13. The second-order valence-electron chi connectivity index (χ2n) is 5.00. The number of nitrogens with zero attached hydrogens (tertiary/aromatic N) is 4. The van der Waals surface area contributed by atoms with Crippen LogP contribution < -0.4 is 5.73 Å². The van der Waals surface area contributed by atoms with Gasteiger partial charge in [0.25, 0.3) is 0 Å². The van der Waals surface area contributed by atoms with Crippen molar-refractivity contribution in [3.8, 4) is 16.9 Å². The summed E-state index contributed by atoms with van der Waals surface area (Å²) in [6.45, 7) is 3.96. The van der Waals surface area contributed by atoms with Gasteiger partial charge in [-0.05, 0) is 26.0 Å². The zero-order valence-corrected chi connectivity index (χ0v) is 12.9. The molecule has 0 fully saturated rings. The monoisotopic (exact) mass is 301 g/mol. The Labute approximate surface area is 127 Å². The Morgan fingerprint density at radius 1 is 1.14 bits per heavy atom. The van der Waals surface area contributed by atoms with Crippen molar-refractivity contribution in [1.29, 1.82) is 0 Å². The van der Waals surface area contributed by atoms with Gasteiger partial charge < -0.3 is 5.73 Å². The van der Waals surface area contributed by atoms with Crippen LogP contribution in [-0.4, -0.2) is 19.6 Å². The molecule has 0 saturated heterocycles. The molecule has 2 N–H and O–H groups in total. The van der Waals surface area contributed by atoms with Gasteiger partial charge >= 0.3 is 0 Å². The van der Waals surface area contributed by atoms with Crippen molar-refractivity contribution in [3.05, 3.63) is 46.9 Å². The number of hydrogen-bond donors (Lipinski definition) is 1. The van der Waals surface area contributed by atoms with Crippen LogP contribution in [0.5, 0.6) is 0 Å². The fourth-order valence-corrected chi connectivity index (χ4v) is 2.68. The number of halogens is 1. The first-order valence-electron chi connectivity index (χ1n) is 6.59. The van der Waals surface area contributed by atoms with Gasteiger partial charge in [-0.3, -0.25) is 4.68 Å². The maximum absolute atomic E-state index is 6.21. The smallest absolute Gasteiger partial charge is 0.119 e. The van der Waals surface area contributed by atoms with E-state index in [0.717, 1.165) is 28.3 Å². The van der Waals surface area contributed by atoms with Crippen LogP contribution >= 0.6 is 11.6 Å². The van der Waals surface area contributed by atoms with Crippen molar-refractivity contribution in [1.82, 2.24) is 19.6 Å². The minimum atomic E-state index is 0.606. The average Bonchev–Trinajstić information content (AvgIpc) is 2.91. The first kappa shape index (κ1) is 13.7. The summed E-state index contributed by atoms with van der Waals surface area (Å²) >= 11 is 6.21. The third kappa shape index (κ3) is 2.19. The van der Waals surface area contributed by atoms with E-state index in [-0.39, 0.29) is 0 Å². The molecule has 2 aromatic heterocycles. The number of nitrogens with two attached hydrogens (primary N) is 1. The quantitative estimate of drug-likeness (QED) is 0.791. The minimum Gasteiger partial charge on any atom is -0.396 e. The SMILES string of the molecule is Cc1nn(C)c(C)c1-c1nn(-c2ccccc2Cl)cc1N. The van der Waals surface area contributed by atoms with E-state index in [1.165, 1.54) is 0 Å². The molecule has 0 bridgehead atoms. The number of aryl methyl sites for hydroxylation is 2. The molecule has 0 aliphatic heterocycles. The second kappa shape index (κ2) is 4.93. The molecule has 2 heterocycles. The van der Waals surface area contributed by atoms with Gasteiger partial charge in [0.05, 0.1) is 28.3 Å². The third-order valence-electron chi connectivity index (χ3n) is 3.59. The number of para-hydroxylation sites is 1. The van der Waals surface area contributed by atoms with Crippen LogP contribution in [0.2, 0.25) is 5.02 Å². The molecule has 0 saturated carbocycles. The van der Waals surface area contributed by atoms with Gasteiger partial charge in [-0.1, -0.05) is 23.7 Å². The van der Waals surface area contributed by atoms with Crippen molar-refractivity contribution in [2.24, 2.45) is 7.05 Å². The summed E-state index contributed by atoms with van der Waals surface area (Å²) < 4.78 is 3.54. The van der Waals surface area contributed by atoms with Crippen LogP contribution in [0.3, 0.4) is 0 Å². The van der Waals surface area contributed by atoms with Crippen LogP contribution in [0, 0.1) is 13.8 Å². The minimum absolute atomic E-state index is 0.606. The molecule has 0 unspecified atom stereocenters. The Morgan fingerprint density at radius 3 is 2.48 bits per heavy atom. The molecule has 108 valence electrons. The molecule has 1 aromatic carbocycles. The maximum Gasteiger partial charge on any atom is 0.119 e. The van der Waals surface area contributed by atoms with Crippen molar-refractivity contribution in [3.63, 3.8) is 0 Å². The molecule has 0 aliphatic rings. The number of aromatic nitrogens is 4. The first-order chi connectivity index (χ1) is 9.99. The number of rotatable bonds is 2. The standard InChI is InChI=1S/C15H16ClN5/c1-9-14(10(2)20(3)18-9)15-12(17)8-21(19-15)13-7-5-4-6-11(13)16/h4-8H,17H2,1-3H3. The van der Waals surface area contributed by atoms with Crippen LogP contribution in [0.15, 0.2) is 30.5 Å². The van der Waals surface area contributed by atoms with Gasteiger partial charge in [0.2, 0.25) is 0 Å². The summed E-state index contributed by atoms with van der Waals surface area (Å²) in [6, 6.07) is 7.53. The number of benzene rings is 1. The zero-order valence-electron chi connectivity index (χ0n) is 12.1. The summed E-state index contributed by atoms with van der Waals surface area (Å²) in [6.07, 6.45) is 1.78.